The fraction of sp³-hybridized carbons (Fsp3) is 0.118. The number of carbonyl (C=O) groups excluding carboxylic acids is 1. The van der Waals surface area contributed by atoms with Crippen molar-refractivity contribution in [3.8, 4) is 11.8 Å². The van der Waals surface area contributed by atoms with Crippen LogP contribution in [-0.4, -0.2) is 17.6 Å². The Labute approximate surface area is 148 Å². The number of rotatable bonds is 4. The smallest absolute Gasteiger partial charge is 0.408 e. The van der Waals surface area contributed by atoms with Gasteiger partial charge in [0.05, 0.1) is 17.0 Å². The molecule has 128 valence electrons. The van der Waals surface area contributed by atoms with E-state index in [1.807, 2.05) is 30.3 Å². The van der Waals surface area contributed by atoms with Crippen molar-refractivity contribution in [2.24, 2.45) is 0 Å². The molecule has 0 atom stereocenters. The lowest BCUT2D eigenvalue weighted by atomic mass is 10.1. The Balaban J connectivity index is 1.90. The van der Waals surface area contributed by atoms with Gasteiger partial charge in [-0.25, -0.2) is 4.79 Å². The number of hydrogen-bond acceptors (Lipinski definition) is 5. The van der Waals surface area contributed by atoms with Gasteiger partial charge in [-0.15, -0.1) is 0 Å². The number of nitrogens with zero attached hydrogens (tertiary/aromatic N) is 1. The van der Waals surface area contributed by atoms with E-state index < -0.39 is 11.0 Å². The van der Waals surface area contributed by atoms with Gasteiger partial charge in [-0.1, -0.05) is 53.8 Å². The Morgan fingerprint density at radius 1 is 1.32 bits per heavy atom. The first-order valence-electron chi connectivity index (χ1n) is 7.14. The number of alkyl carbamates (subject to hydrolysis) is 1. The van der Waals surface area contributed by atoms with Gasteiger partial charge in [0.15, 0.2) is 0 Å². The van der Waals surface area contributed by atoms with E-state index in [1.165, 1.54) is 6.07 Å². The average molecular weight is 360 g/mol. The Bertz CT molecular complexity index is 844. The molecule has 0 heterocycles. The quantitative estimate of drug-likeness (QED) is 0.377. The molecule has 3 N–H and O–H groups in total. The van der Waals surface area contributed by atoms with E-state index in [9.17, 15) is 14.9 Å². The fourth-order valence-electron chi connectivity index (χ4n) is 1.89. The van der Waals surface area contributed by atoms with Gasteiger partial charge in [0, 0.05) is 11.1 Å². The summed E-state index contributed by atoms with van der Waals surface area (Å²) >= 11 is 5.81. The van der Waals surface area contributed by atoms with Crippen LogP contribution in [0.25, 0.3) is 0 Å². The van der Waals surface area contributed by atoms with Crippen LogP contribution in [0.2, 0.25) is 5.02 Å². The molecule has 0 spiro atoms. The standard InChI is InChI=1S/C17H14ClN3O4/c18-14-9-13(16(19)15(10-14)21(23)24)7-4-8-20-17(22)25-11-12-5-2-1-3-6-12/h1-3,5-6,9-10H,8,11,19H2,(H,20,22). The molecule has 25 heavy (non-hydrogen) atoms. The highest BCUT2D eigenvalue weighted by Gasteiger charge is 2.15. The van der Waals surface area contributed by atoms with Crippen LogP contribution in [0, 0.1) is 22.0 Å². The number of nitrogen functional groups attached to an aromatic ring is 1. The first-order chi connectivity index (χ1) is 12.0. The maximum Gasteiger partial charge on any atom is 0.408 e. The second-order valence-electron chi connectivity index (χ2n) is 4.86. The van der Waals surface area contributed by atoms with Crippen LogP contribution in [0.3, 0.4) is 0 Å². The van der Waals surface area contributed by atoms with E-state index in [2.05, 4.69) is 17.2 Å². The molecule has 0 fully saturated rings. The molecule has 1 amide bonds. The average Bonchev–Trinajstić information content (AvgIpc) is 2.60. The molecular formula is C17H14ClN3O4. The molecule has 0 saturated heterocycles. The number of nitro benzene ring substituents is 1. The lowest BCUT2D eigenvalue weighted by Gasteiger charge is -2.04. The topological polar surface area (TPSA) is 107 Å². The minimum absolute atomic E-state index is 0.00657. The monoisotopic (exact) mass is 359 g/mol. The Morgan fingerprint density at radius 3 is 2.72 bits per heavy atom. The third kappa shape index (κ3) is 5.41. The molecule has 0 aliphatic rings. The zero-order chi connectivity index (χ0) is 18.2. The molecule has 0 aromatic heterocycles. The third-order valence-electron chi connectivity index (χ3n) is 3.08. The summed E-state index contributed by atoms with van der Waals surface area (Å²) in [5.41, 5.74) is 6.39. The van der Waals surface area contributed by atoms with Crippen LogP contribution in [0.5, 0.6) is 0 Å². The summed E-state index contributed by atoms with van der Waals surface area (Å²) in [6, 6.07) is 11.8. The molecule has 7 nitrogen and oxygen atoms in total. The third-order valence-corrected chi connectivity index (χ3v) is 3.29. The SMILES string of the molecule is Nc1c(C#CCNC(=O)OCc2ccccc2)cc(Cl)cc1[N+](=O)[O-]. The molecule has 2 rings (SSSR count). The van der Waals surface area contributed by atoms with Crippen molar-refractivity contribution < 1.29 is 14.5 Å². The molecule has 2 aromatic rings. The number of amides is 1. The highest BCUT2D eigenvalue weighted by atomic mass is 35.5. The number of benzene rings is 2. The van der Waals surface area contributed by atoms with E-state index in [1.54, 1.807) is 0 Å². The van der Waals surface area contributed by atoms with Crippen LogP contribution in [0.1, 0.15) is 11.1 Å². The number of nitro groups is 1. The van der Waals surface area contributed by atoms with Gasteiger partial charge >= 0.3 is 6.09 Å². The van der Waals surface area contributed by atoms with Crippen LogP contribution >= 0.6 is 11.6 Å². The second-order valence-corrected chi connectivity index (χ2v) is 5.30. The highest BCUT2D eigenvalue weighted by molar-refractivity contribution is 6.31. The minimum Gasteiger partial charge on any atom is -0.445 e. The Kier molecular flexibility index (Phi) is 6.20. The van der Waals surface area contributed by atoms with E-state index >= 15 is 0 Å². The van der Waals surface area contributed by atoms with Crippen molar-refractivity contribution in [1.82, 2.24) is 5.32 Å². The van der Waals surface area contributed by atoms with Crippen molar-refractivity contribution in [3.63, 3.8) is 0 Å². The van der Waals surface area contributed by atoms with E-state index in [-0.39, 0.29) is 35.1 Å². The van der Waals surface area contributed by atoms with Crippen LogP contribution < -0.4 is 11.1 Å². The van der Waals surface area contributed by atoms with E-state index in [0.29, 0.717) is 0 Å². The molecule has 0 saturated carbocycles. The van der Waals surface area contributed by atoms with E-state index in [0.717, 1.165) is 11.6 Å². The molecular weight excluding hydrogens is 346 g/mol. The number of nitrogens with one attached hydrogen (secondary N) is 1. The lowest BCUT2D eigenvalue weighted by Crippen LogP contribution is -2.24. The molecule has 0 aliphatic carbocycles. The van der Waals surface area contributed by atoms with Gasteiger partial charge in [0.25, 0.3) is 5.69 Å². The van der Waals surface area contributed by atoms with Gasteiger partial charge in [-0.3, -0.25) is 10.1 Å². The summed E-state index contributed by atoms with van der Waals surface area (Å²) in [4.78, 5) is 21.8. The molecule has 0 radical (unpaired) electrons. The number of ether oxygens (including phenoxy) is 1. The first-order valence-corrected chi connectivity index (χ1v) is 7.52. The number of hydrogen-bond donors (Lipinski definition) is 2. The number of nitrogens with two attached hydrogens (primary N) is 1. The fourth-order valence-corrected chi connectivity index (χ4v) is 2.10. The zero-order valence-corrected chi connectivity index (χ0v) is 13.7. The maximum atomic E-state index is 11.6. The van der Waals surface area contributed by atoms with Crippen molar-refractivity contribution in [3.05, 3.63) is 68.7 Å². The van der Waals surface area contributed by atoms with Crippen LogP contribution in [-0.2, 0) is 11.3 Å². The van der Waals surface area contributed by atoms with E-state index in [4.69, 9.17) is 22.1 Å². The molecule has 0 bridgehead atoms. The summed E-state index contributed by atoms with van der Waals surface area (Å²) < 4.78 is 5.02. The first kappa shape index (κ1) is 18.1. The Morgan fingerprint density at radius 2 is 2.04 bits per heavy atom. The van der Waals surface area contributed by atoms with Gasteiger partial charge in [0.1, 0.15) is 12.3 Å². The molecule has 0 unspecified atom stereocenters. The lowest BCUT2D eigenvalue weighted by molar-refractivity contribution is -0.383. The normalized spacial score (nSPS) is 9.64. The largest absolute Gasteiger partial charge is 0.445 e. The molecule has 8 heteroatoms. The summed E-state index contributed by atoms with van der Waals surface area (Å²) in [5, 5.41) is 13.5. The van der Waals surface area contributed by atoms with Gasteiger partial charge in [0.2, 0.25) is 0 Å². The zero-order valence-electron chi connectivity index (χ0n) is 13.0. The number of carbonyl (C=O) groups is 1. The summed E-state index contributed by atoms with van der Waals surface area (Å²) in [7, 11) is 0. The predicted molar refractivity (Wildman–Crippen MR) is 94.0 cm³/mol. The summed E-state index contributed by atoms with van der Waals surface area (Å²) in [5.74, 6) is 5.29. The predicted octanol–water partition coefficient (Wildman–Crippen LogP) is 3.11. The van der Waals surface area contributed by atoms with Gasteiger partial charge in [-0.05, 0) is 11.6 Å². The number of halogens is 1. The van der Waals surface area contributed by atoms with Crippen molar-refractivity contribution in [1.29, 1.82) is 0 Å². The van der Waals surface area contributed by atoms with Crippen molar-refractivity contribution in [2.75, 3.05) is 12.3 Å². The molecule has 0 aliphatic heterocycles. The van der Waals surface area contributed by atoms with Crippen molar-refractivity contribution in [2.45, 2.75) is 6.61 Å². The van der Waals surface area contributed by atoms with Crippen LogP contribution in [0.15, 0.2) is 42.5 Å². The number of anilines is 1. The van der Waals surface area contributed by atoms with Gasteiger partial charge in [-0.2, -0.15) is 0 Å². The molecule has 2 aromatic carbocycles. The minimum atomic E-state index is -0.633. The summed E-state index contributed by atoms with van der Waals surface area (Å²) in [6.45, 7) is 0.140. The summed E-state index contributed by atoms with van der Waals surface area (Å²) in [6.07, 6.45) is -0.622. The van der Waals surface area contributed by atoms with Crippen LogP contribution in [0.4, 0.5) is 16.2 Å². The highest BCUT2D eigenvalue weighted by Crippen LogP contribution is 2.28. The maximum absolute atomic E-state index is 11.6. The second kappa shape index (κ2) is 8.57. The Hall–Kier alpha value is -3.24. The van der Waals surface area contributed by atoms with Gasteiger partial charge < -0.3 is 15.8 Å². The van der Waals surface area contributed by atoms with Crippen molar-refractivity contribution >= 4 is 29.1 Å².